The number of carbonyl (C=O) groups excluding carboxylic acids is 2. The molecule has 1 atom stereocenters. The maximum Gasteiger partial charge on any atom is 0.268 e. The molecule has 3 heterocycles. The van der Waals surface area contributed by atoms with Gasteiger partial charge in [-0.3, -0.25) is 14.9 Å². The van der Waals surface area contributed by atoms with Gasteiger partial charge in [0.2, 0.25) is 11.9 Å². The maximum atomic E-state index is 13.2. The largest absolute Gasteiger partial charge is 0.339 e. The molecule has 166 valence electrons. The third-order valence-corrected chi connectivity index (χ3v) is 7.83. The molecule has 3 aromatic rings. The first-order valence-corrected chi connectivity index (χ1v) is 12.3. The zero-order valence-corrected chi connectivity index (χ0v) is 19.0. The molecular formula is C25H28N4O2S. The van der Waals surface area contributed by atoms with Crippen molar-refractivity contribution in [2.45, 2.75) is 51.0 Å². The molecule has 1 aliphatic heterocycles. The van der Waals surface area contributed by atoms with Gasteiger partial charge in [0.1, 0.15) is 0 Å². The van der Waals surface area contributed by atoms with E-state index in [9.17, 15) is 9.59 Å². The van der Waals surface area contributed by atoms with E-state index in [2.05, 4.69) is 28.6 Å². The van der Waals surface area contributed by atoms with Gasteiger partial charge in [0.05, 0.1) is 15.9 Å². The third kappa shape index (κ3) is 3.97. The predicted molar refractivity (Wildman–Crippen MR) is 128 cm³/mol. The molecule has 2 aliphatic rings. The molecule has 2 amide bonds. The summed E-state index contributed by atoms with van der Waals surface area (Å²) in [5.41, 5.74) is 3.22. The summed E-state index contributed by atoms with van der Waals surface area (Å²) in [4.78, 5) is 34.0. The number of carbonyl (C=O) groups is 2. The highest BCUT2D eigenvalue weighted by Gasteiger charge is 2.26. The highest BCUT2D eigenvalue weighted by Crippen LogP contribution is 2.33. The summed E-state index contributed by atoms with van der Waals surface area (Å²) in [5.74, 6) is 0.491. The van der Waals surface area contributed by atoms with E-state index in [-0.39, 0.29) is 17.9 Å². The van der Waals surface area contributed by atoms with E-state index in [1.54, 1.807) is 11.3 Å². The number of aromatic nitrogens is 2. The lowest BCUT2D eigenvalue weighted by atomic mass is 9.99. The minimum absolute atomic E-state index is 0.0173. The molecule has 7 heteroatoms. The SMILES string of the molecule is C=CC(=O)N1CCC[C@@H](n2c(NC(=O)c3cc4c(s3)CCCC4)nc3ccccc32)CC1. The number of fused-ring (bicyclic) bond motifs is 2. The van der Waals surface area contributed by atoms with Crippen molar-refractivity contribution in [3.05, 3.63) is 58.3 Å². The summed E-state index contributed by atoms with van der Waals surface area (Å²) in [6, 6.07) is 10.2. The van der Waals surface area contributed by atoms with E-state index in [0.29, 0.717) is 12.5 Å². The smallest absolute Gasteiger partial charge is 0.268 e. The topological polar surface area (TPSA) is 67.2 Å². The van der Waals surface area contributed by atoms with Gasteiger partial charge < -0.3 is 9.47 Å². The normalized spacial score (nSPS) is 18.8. The van der Waals surface area contributed by atoms with Gasteiger partial charge in [0.25, 0.3) is 5.91 Å². The summed E-state index contributed by atoms with van der Waals surface area (Å²) in [6.07, 6.45) is 8.59. The lowest BCUT2D eigenvalue weighted by molar-refractivity contribution is -0.125. The van der Waals surface area contributed by atoms with Gasteiger partial charge in [-0.2, -0.15) is 0 Å². The zero-order chi connectivity index (χ0) is 22.1. The third-order valence-electron chi connectivity index (χ3n) is 6.59. The second kappa shape index (κ2) is 8.90. The maximum absolute atomic E-state index is 13.2. The second-order valence-corrected chi connectivity index (χ2v) is 9.77. The average Bonchev–Trinajstić information content (AvgIpc) is 3.32. The Morgan fingerprint density at radius 1 is 1.12 bits per heavy atom. The van der Waals surface area contributed by atoms with Crippen molar-refractivity contribution in [3.63, 3.8) is 0 Å². The number of nitrogens with one attached hydrogen (secondary N) is 1. The summed E-state index contributed by atoms with van der Waals surface area (Å²) in [7, 11) is 0. The van der Waals surface area contributed by atoms with Crippen LogP contribution >= 0.6 is 11.3 Å². The number of hydrogen-bond acceptors (Lipinski definition) is 4. The number of rotatable bonds is 4. The number of anilines is 1. The molecule has 0 bridgehead atoms. The van der Waals surface area contributed by atoms with E-state index in [1.807, 2.05) is 23.1 Å². The zero-order valence-electron chi connectivity index (χ0n) is 18.2. The van der Waals surface area contributed by atoms with Crippen LogP contribution in [-0.2, 0) is 17.6 Å². The fraction of sp³-hybridized carbons (Fsp3) is 0.400. The molecule has 6 nitrogen and oxygen atoms in total. The second-order valence-electron chi connectivity index (χ2n) is 8.63. The molecule has 1 saturated heterocycles. The first-order chi connectivity index (χ1) is 15.6. The van der Waals surface area contributed by atoms with Crippen molar-refractivity contribution >= 4 is 40.1 Å². The molecule has 1 aliphatic carbocycles. The lowest BCUT2D eigenvalue weighted by Crippen LogP contribution is -2.30. The molecule has 2 aromatic heterocycles. The monoisotopic (exact) mass is 448 g/mol. The number of likely N-dealkylation sites (tertiary alicyclic amines) is 1. The minimum atomic E-state index is -0.0851. The summed E-state index contributed by atoms with van der Waals surface area (Å²) in [6.45, 7) is 5.03. The number of amides is 2. The van der Waals surface area contributed by atoms with E-state index < -0.39 is 0 Å². The fourth-order valence-electron chi connectivity index (χ4n) is 4.95. The lowest BCUT2D eigenvalue weighted by Gasteiger charge is -2.21. The van der Waals surface area contributed by atoms with Crippen molar-refractivity contribution in [1.29, 1.82) is 0 Å². The van der Waals surface area contributed by atoms with Crippen LogP contribution in [0.15, 0.2) is 43.0 Å². The fourth-order valence-corrected chi connectivity index (χ4v) is 6.10. The quantitative estimate of drug-likeness (QED) is 0.573. The van der Waals surface area contributed by atoms with Crippen LogP contribution in [0.2, 0.25) is 0 Å². The van der Waals surface area contributed by atoms with Crippen molar-refractivity contribution in [1.82, 2.24) is 14.5 Å². The van der Waals surface area contributed by atoms with Gasteiger partial charge in [0.15, 0.2) is 0 Å². The highest BCUT2D eigenvalue weighted by atomic mass is 32.1. The van der Waals surface area contributed by atoms with Crippen LogP contribution in [0.5, 0.6) is 0 Å². The highest BCUT2D eigenvalue weighted by molar-refractivity contribution is 7.14. The first kappa shape index (κ1) is 20.9. The van der Waals surface area contributed by atoms with Crippen molar-refractivity contribution in [3.8, 4) is 0 Å². The molecule has 0 unspecified atom stereocenters. The Morgan fingerprint density at radius 2 is 1.97 bits per heavy atom. The number of imidazole rings is 1. The van der Waals surface area contributed by atoms with Gasteiger partial charge in [-0.15, -0.1) is 11.3 Å². The molecule has 1 fully saturated rings. The summed E-state index contributed by atoms with van der Waals surface area (Å²) >= 11 is 1.62. The minimum Gasteiger partial charge on any atom is -0.339 e. The Bertz CT molecular complexity index is 1150. The molecule has 32 heavy (non-hydrogen) atoms. The molecule has 1 N–H and O–H groups in total. The Hall–Kier alpha value is -2.93. The van der Waals surface area contributed by atoms with Gasteiger partial charge in [0, 0.05) is 24.0 Å². The van der Waals surface area contributed by atoms with Gasteiger partial charge in [-0.25, -0.2) is 4.98 Å². The molecule has 0 saturated carbocycles. The van der Waals surface area contributed by atoms with Gasteiger partial charge >= 0.3 is 0 Å². The van der Waals surface area contributed by atoms with Crippen molar-refractivity contribution in [2.75, 3.05) is 18.4 Å². The Balaban J connectivity index is 1.44. The van der Waals surface area contributed by atoms with Crippen LogP contribution in [0.3, 0.4) is 0 Å². The van der Waals surface area contributed by atoms with Crippen LogP contribution in [0.25, 0.3) is 11.0 Å². The molecule has 1 aromatic carbocycles. The van der Waals surface area contributed by atoms with Crippen LogP contribution in [0.4, 0.5) is 5.95 Å². The van der Waals surface area contributed by atoms with E-state index in [0.717, 1.165) is 54.6 Å². The van der Waals surface area contributed by atoms with E-state index in [4.69, 9.17) is 4.98 Å². The number of aryl methyl sites for hydroxylation is 2. The number of nitrogens with zero attached hydrogens (tertiary/aromatic N) is 3. The molecule has 0 radical (unpaired) electrons. The Labute approximate surface area is 191 Å². The molecule has 0 spiro atoms. The van der Waals surface area contributed by atoms with Gasteiger partial charge in [-0.05, 0) is 74.8 Å². The van der Waals surface area contributed by atoms with Crippen LogP contribution < -0.4 is 5.32 Å². The number of hydrogen-bond donors (Lipinski definition) is 1. The van der Waals surface area contributed by atoms with Gasteiger partial charge in [-0.1, -0.05) is 18.7 Å². The number of benzene rings is 1. The van der Waals surface area contributed by atoms with Crippen molar-refractivity contribution in [2.24, 2.45) is 0 Å². The van der Waals surface area contributed by atoms with E-state index in [1.165, 1.54) is 29.4 Å². The number of thiophene rings is 1. The Morgan fingerprint density at radius 3 is 2.81 bits per heavy atom. The van der Waals surface area contributed by atoms with Crippen LogP contribution in [-0.4, -0.2) is 39.4 Å². The average molecular weight is 449 g/mol. The predicted octanol–water partition coefficient (Wildman–Crippen LogP) is 4.97. The van der Waals surface area contributed by atoms with Crippen LogP contribution in [0, 0.1) is 0 Å². The summed E-state index contributed by atoms with van der Waals surface area (Å²) in [5, 5.41) is 3.11. The summed E-state index contributed by atoms with van der Waals surface area (Å²) < 4.78 is 2.17. The standard InChI is InChI=1S/C25H28N4O2S/c1-2-23(30)28-14-7-9-18(13-15-28)29-20-11-5-4-10-19(20)26-25(29)27-24(31)22-16-17-8-3-6-12-21(17)32-22/h2,4-5,10-11,16,18H,1,3,6-9,12-15H2,(H,26,27,31)/t18-/m1/s1. The van der Waals surface area contributed by atoms with E-state index >= 15 is 0 Å². The van der Waals surface area contributed by atoms with Crippen LogP contribution in [0.1, 0.15) is 58.3 Å². The van der Waals surface area contributed by atoms with Crippen molar-refractivity contribution < 1.29 is 9.59 Å². The Kier molecular flexibility index (Phi) is 5.83. The first-order valence-electron chi connectivity index (χ1n) is 11.5. The number of para-hydroxylation sites is 2. The molecule has 5 rings (SSSR count). The molecular weight excluding hydrogens is 420 g/mol.